The first-order chi connectivity index (χ1) is 16.4. The second-order valence-electron chi connectivity index (χ2n) is 7.25. The van der Waals surface area contributed by atoms with E-state index in [1.165, 1.54) is 25.5 Å². The maximum atomic E-state index is 12.4. The predicted molar refractivity (Wildman–Crippen MR) is 128 cm³/mol. The van der Waals surface area contributed by atoms with Crippen LogP contribution >= 0.6 is 0 Å². The number of nitro groups is 1. The van der Waals surface area contributed by atoms with Gasteiger partial charge in [-0.05, 0) is 73.0 Å². The highest BCUT2D eigenvalue weighted by Crippen LogP contribution is 2.29. The lowest BCUT2D eigenvalue weighted by atomic mass is 10.1. The van der Waals surface area contributed by atoms with Crippen LogP contribution in [-0.2, 0) is 6.61 Å². The van der Waals surface area contributed by atoms with Gasteiger partial charge in [-0.3, -0.25) is 14.9 Å². The lowest BCUT2D eigenvalue weighted by Gasteiger charge is -2.12. The van der Waals surface area contributed by atoms with E-state index in [9.17, 15) is 14.9 Å². The van der Waals surface area contributed by atoms with Crippen LogP contribution in [0.5, 0.6) is 17.2 Å². The van der Waals surface area contributed by atoms with E-state index in [1.54, 1.807) is 42.5 Å². The number of amides is 1. The van der Waals surface area contributed by atoms with E-state index >= 15 is 0 Å². The van der Waals surface area contributed by atoms with E-state index in [2.05, 4.69) is 10.5 Å². The minimum absolute atomic E-state index is 0.0234. The third-order valence-corrected chi connectivity index (χ3v) is 4.79. The molecule has 3 aromatic rings. The van der Waals surface area contributed by atoms with Crippen molar-refractivity contribution in [2.75, 3.05) is 13.7 Å². The van der Waals surface area contributed by atoms with Crippen molar-refractivity contribution < 1.29 is 23.9 Å². The molecule has 3 rings (SSSR count). The average Bonchev–Trinajstić information content (AvgIpc) is 2.83. The molecule has 176 valence electrons. The molecular weight excluding hydrogens is 438 g/mol. The number of nitrogens with zero attached hydrogens (tertiary/aromatic N) is 2. The topological polar surface area (TPSA) is 112 Å². The molecular formula is C25H25N3O6. The fourth-order valence-electron chi connectivity index (χ4n) is 3.08. The number of benzene rings is 3. The van der Waals surface area contributed by atoms with Gasteiger partial charge in [0, 0.05) is 12.1 Å². The van der Waals surface area contributed by atoms with Crippen molar-refractivity contribution in [2.24, 2.45) is 5.10 Å². The van der Waals surface area contributed by atoms with Gasteiger partial charge in [-0.25, -0.2) is 5.43 Å². The maximum Gasteiger partial charge on any atom is 0.275 e. The van der Waals surface area contributed by atoms with E-state index in [4.69, 9.17) is 14.2 Å². The van der Waals surface area contributed by atoms with Crippen LogP contribution in [0.3, 0.4) is 0 Å². The van der Waals surface area contributed by atoms with E-state index in [0.29, 0.717) is 35.0 Å². The van der Waals surface area contributed by atoms with Gasteiger partial charge in [-0.15, -0.1) is 0 Å². The summed E-state index contributed by atoms with van der Waals surface area (Å²) in [6, 6.07) is 16.7. The number of hydrazone groups is 1. The summed E-state index contributed by atoms with van der Waals surface area (Å²) >= 11 is 0. The molecule has 0 aliphatic heterocycles. The van der Waals surface area contributed by atoms with Gasteiger partial charge >= 0.3 is 0 Å². The number of hydrogen-bond acceptors (Lipinski definition) is 7. The van der Waals surface area contributed by atoms with Gasteiger partial charge in [0.1, 0.15) is 12.4 Å². The predicted octanol–water partition coefficient (Wildman–Crippen LogP) is 4.65. The molecule has 1 N–H and O–H groups in total. The third-order valence-electron chi connectivity index (χ3n) is 4.79. The Bertz CT molecular complexity index is 1190. The number of hydrogen-bond donors (Lipinski definition) is 1. The molecule has 0 saturated carbocycles. The lowest BCUT2D eigenvalue weighted by Crippen LogP contribution is -2.18. The zero-order valence-electron chi connectivity index (χ0n) is 19.1. The molecule has 0 aromatic heterocycles. The Labute approximate surface area is 197 Å². The van der Waals surface area contributed by atoms with E-state index in [0.717, 1.165) is 11.1 Å². The molecule has 0 unspecified atom stereocenters. The highest BCUT2D eigenvalue weighted by atomic mass is 16.6. The number of nitrogens with one attached hydrogen (secondary N) is 1. The zero-order valence-corrected chi connectivity index (χ0v) is 19.1. The molecule has 34 heavy (non-hydrogen) atoms. The first-order valence-electron chi connectivity index (χ1n) is 10.5. The molecule has 3 aromatic carbocycles. The second-order valence-corrected chi connectivity index (χ2v) is 7.25. The molecule has 0 saturated heterocycles. The Morgan fingerprint density at radius 3 is 2.47 bits per heavy atom. The van der Waals surface area contributed by atoms with Crippen LogP contribution in [0.2, 0.25) is 0 Å². The highest BCUT2D eigenvalue weighted by molar-refractivity contribution is 5.97. The minimum atomic E-state index is -0.447. The molecule has 0 atom stereocenters. The summed E-state index contributed by atoms with van der Waals surface area (Å²) in [6.45, 7) is 4.42. The molecule has 9 heteroatoms. The number of ether oxygens (including phenoxy) is 3. The molecule has 0 fully saturated rings. The number of carbonyl (C=O) groups is 1. The molecule has 0 aliphatic rings. The van der Waals surface area contributed by atoms with Crippen molar-refractivity contribution in [2.45, 2.75) is 20.5 Å². The number of rotatable bonds is 10. The second kappa shape index (κ2) is 11.5. The van der Waals surface area contributed by atoms with Crippen LogP contribution in [-0.4, -0.2) is 30.8 Å². The van der Waals surface area contributed by atoms with Gasteiger partial charge in [-0.2, -0.15) is 5.10 Å². The molecule has 0 aliphatic carbocycles. The number of methoxy groups -OCH3 is 1. The van der Waals surface area contributed by atoms with Crippen molar-refractivity contribution in [1.82, 2.24) is 5.43 Å². The summed E-state index contributed by atoms with van der Waals surface area (Å²) in [5.41, 5.74) is 5.37. The Hall–Kier alpha value is -4.40. The van der Waals surface area contributed by atoms with Crippen LogP contribution in [0.25, 0.3) is 0 Å². The van der Waals surface area contributed by atoms with Gasteiger partial charge in [0.25, 0.3) is 11.6 Å². The summed E-state index contributed by atoms with van der Waals surface area (Å²) in [4.78, 5) is 22.8. The van der Waals surface area contributed by atoms with E-state index in [-0.39, 0.29) is 18.2 Å². The van der Waals surface area contributed by atoms with Gasteiger partial charge < -0.3 is 14.2 Å². The summed E-state index contributed by atoms with van der Waals surface area (Å²) in [7, 11) is 1.51. The van der Waals surface area contributed by atoms with Crippen LogP contribution in [0.15, 0.2) is 65.8 Å². The van der Waals surface area contributed by atoms with Crippen LogP contribution < -0.4 is 19.6 Å². The zero-order chi connectivity index (χ0) is 24.5. The van der Waals surface area contributed by atoms with Crippen molar-refractivity contribution in [1.29, 1.82) is 0 Å². The number of carbonyl (C=O) groups excluding carboxylic acids is 1. The molecule has 1 amide bonds. The molecule has 0 bridgehead atoms. The van der Waals surface area contributed by atoms with E-state index in [1.807, 2.05) is 19.9 Å². The summed E-state index contributed by atoms with van der Waals surface area (Å²) in [5, 5.41) is 14.8. The smallest absolute Gasteiger partial charge is 0.275 e. The van der Waals surface area contributed by atoms with Crippen molar-refractivity contribution in [3.05, 3.63) is 93.0 Å². The van der Waals surface area contributed by atoms with Gasteiger partial charge in [0.15, 0.2) is 11.5 Å². The maximum absolute atomic E-state index is 12.4. The molecule has 0 spiro atoms. The summed E-state index contributed by atoms with van der Waals surface area (Å²) in [6.07, 6.45) is 1.50. The normalized spacial score (nSPS) is 10.7. The van der Waals surface area contributed by atoms with Crippen LogP contribution in [0.4, 0.5) is 5.69 Å². The summed E-state index contributed by atoms with van der Waals surface area (Å²) < 4.78 is 16.8. The Kier molecular flexibility index (Phi) is 8.17. The number of aryl methyl sites for hydroxylation is 1. The molecule has 0 radical (unpaired) electrons. The Morgan fingerprint density at radius 1 is 1.03 bits per heavy atom. The monoisotopic (exact) mass is 463 g/mol. The number of nitro benzene ring substituents is 1. The minimum Gasteiger partial charge on any atom is -0.496 e. The first kappa shape index (κ1) is 24.2. The van der Waals surface area contributed by atoms with Gasteiger partial charge in [0.2, 0.25) is 0 Å². The van der Waals surface area contributed by atoms with Crippen LogP contribution in [0, 0.1) is 17.0 Å². The third kappa shape index (κ3) is 6.32. The fourth-order valence-corrected chi connectivity index (χ4v) is 3.08. The van der Waals surface area contributed by atoms with Crippen molar-refractivity contribution >= 4 is 17.8 Å². The Morgan fingerprint density at radius 2 is 1.79 bits per heavy atom. The van der Waals surface area contributed by atoms with Crippen molar-refractivity contribution in [3.63, 3.8) is 0 Å². The van der Waals surface area contributed by atoms with Crippen LogP contribution in [0.1, 0.15) is 34.0 Å². The van der Waals surface area contributed by atoms with Gasteiger partial charge in [0.05, 0.1) is 30.4 Å². The average molecular weight is 463 g/mol. The molecule has 9 nitrogen and oxygen atoms in total. The Balaban J connectivity index is 1.66. The highest BCUT2D eigenvalue weighted by Gasteiger charge is 2.12. The number of non-ortho nitro benzene ring substituents is 1. The first-order valence-corrected chi connectivity index (χ1v) is 10.5. The van der Waals surface area contributed by atoms with Crippen molar-refractivity contribution in [3.8, 4) is 17.2 Å². The summed E-state index contributed by atoms with van der Waals surface area (Å²) in [5.74, 6) is 1.12. The van der Waals surface area contributed by atoms with E-state index < -0.39 is 4.92 Å². The SMILES string of the molecule is CCOc1cc(/C=N\NC(=O)c2ccc(C)cc2OC)ccc1OCc1ccc([N+](=O)[O-])cc1. The van der Waals surface area contributed by atoms with Gasteiger partial charge in [-0.1, -0.05) is 6.07 Å². The molecule has 0 heterocycles. The quantitative estimate of drug-likeness (QED) is 0.266. The fraction of sp³-hybridized carbons (Fsp3) is 0.200. The lowest BCUT2D eigenvalue weighted by molar-refractivity contribution is -0.384. The standard InChI is InChI=1S/C25H25N3O6/c1-4-33-24-14-19(15-26-27-25(29)21-11-5-17(2)13-23(21)32-3)8-12-22(24)34-16-18-6-9-20(10-7-18)28(30)31/h5-15H,4,16H2,1-3H3,(H,27,29)/b26-15-. The largest absolute Gasteiger partial charge is 0.496 e.